The van der Waals surface area contributed by atoms with E-state index in [1.54, 1.807) is 0 Å². The van der Waals surface area contributed by atoms with Gasteiger partial charge in [-0.15, -0.1) is 0 Å². The Morgan fingerprint density at radius 1 is 1.05 bits per heavy atom. The molecular weight excluding hydrogens is 295 g/mol. The molecule has 0 radical (unpaired) electrons. The number of hydrogen-bond donors (Lipinski definition) is 1. The Kier molecular flexibility index (Phi) is 6.50. The SMILES string of the molecule is O=C(CN1CCCC(N2CCCCCC2)C1)NCC(F)(F)F. The fourth-order valence-corrected chi connectivity index (χ4v) is 3.39. The van der Waals surface area contributed by atoms with Crippen molar-refractivity contribution in [1.82, 2.24) is 15.1 Å². The van der Waals surface area contributed by atoms with Gasteiger partial charge in [-0.25, -0.2) is 0 Å². The molecule has 2 saturated heterocycles. The number of carbonyl (C=O) groups is 1. The van der Waals surface area contributed by atoms with Gasteiger partial charge in [0.1, 0.15) is 6.54 Å². The van der Waals surface area contributed by atoms with Gasteiger partial charge in [0.25, 0.3) is 0 Å². The predicted molar refractivity (Wildman–Crippen MR) is 78.6 cm³/mol. The Hall–Kier alpha value is -0.820. The fraction of sp³-hybridized carbons (Fsp3) is 0.933. The molecule has 2 rings (SSSR count). The van der Waals surface area contributed by atoms with E-state index in [0.717, 1.165) is 39.0 Å². The quantitative estimate of drug-likeness (QED) is 0.860. The van der Waals surface area contributed by atoms with Crippen LogP contribution in [-0.2, 0) is 4.79 Å². The zero-order valence-corrected chi connectivity index (χ0v) is 13.0. The monoisotopic (exact) mass is 321 g/mol. The van der Waals surface area contributed by atoms with E-state index < -0.39 is 18.6 Å². The van der Waals surface area contributed by atoms with Gasteiger partial charge < -0.3 is 5.32 Å². The Morgan fingerprint density at radius 2 is 1.73 bits per heavy atom. The third-order valence-corrected chi connectivity index (χ3v) is 4.49. The average molecular weight is 321 g/mol. The summed E-state index contributed by atoms with van der Waals surface area (Å²) in [6, 6.07) is 0.447. The summed E-state index contributed by atoms with van der Waals surface area (Å²) in [6.45, 7) is 2.64. The highest BCUT2D eigenvalue weighted by atomic mass is 19.4. The highest BCUT2D eigenvalue weighted by Crippen LogP contribution is 2.20. The second kappa shape index (κ2) is 8.15. The third kappa shape index (κ3) is 6.12. The van der Waals surface area contributed by atoms with Crippen molar-refractivity contribution in [2.24, 2.45) is 0 Å². The van der Waals surface area contributed by atoms with Gasteiger partial charge in [0.2, 0.25) is 5.91 Å². The molecule has 7 heteroatoms. The van der Waals surface area contributed by atoms with E-state index >= 15 is 0 Å². The standard InChI is InChI=1S/C15H26F3N3O/c16-15(17,18)12-19-14(22)11-20-7-5-6-13(10-20)21-8-3-1-2-4-9-21/h13H,1-12H2,(H,19,22). The second-order valence-electron chi connectivity index (χ2n) is 6.37. The predicted octanol–water partition coefficient (Wildman–Crippen LogP) is 2.01. The van der Waals surface area contributed by atoms with E-state index in [0.29, 0.717) is 6.04 Å². The van der Waals surface area contributed by atoms with Crippen LogP contribution in [0.15, 0.2) is 0 Å². The molecule has 0 spiro atoms. The largest absolute Gasteiger partial charge is 0.405 e. The first kappa shape index (κ1) is 17.5. The molecule has 0 saturated carbocycles. The molecule has 2 fully saturated rings. The van der Waals surface area contributed by atoms with Gasteiger partial charge in [-0.3, -0.25) is 14.6 Å². The van der Waals surface area contributed by atoms with Crippen LogP contribution in [0.5, 0.6) is 0 Å². The molecule has 0 aliphatic carbocycles. The summed E-state index contributed by atoms with van der Waals surface area (Å²) >= 11 is 0. The van der Waals surface area contributed by atoms with Gasteiger partial charge in [0.05, 0.1) is 6.54 Å². The maximum absolute atomic E-state index is 12.1. The number of halogens is 3. The van der Waals surface area contributed by atoms with E-state index in [-0.39, 0.29) is 6.54 Å². The van der Waals surface area contributed by atoms with Crippen LogP contribution in [0.25, 0.3) is 0 Å². The molecule has 22 heavy (non-hydrogen) atoms. The van der Waals surface area contributed by atoms with Crippen molar-refractivity contribution < 1.29 is 18.0 Å². The van der Waals surface area contributed by atoms with E-state index in [1.165, 1.54) is 25.7 Å². The van der Waals surface area contributed by atoms with Gasteiger partial charge in [-0.1, -0.05) is 12.8 Å². The number of rotatable bonds is 4. The summed E-state index contributed by atoms with van der Waals surface area (Å²) in [7, 11) is 0. The first-order chi connectivity index (χ1) is 10.4. The molecule has 128 valence electrons. The molecule has 0 aromatic rings. The van der Waals surface area contributed by atoms with Gasteiger partial charge in [0.15, 0.2) is 0 Å². The summed E-state index contributed by atoms with van der Waals surface area (Å²) in [4.78, 5) is 16.1. The molecule has 1 unspecified atom stereocenters. The van der Waals surface area contributed by atoms with Crippen LogP contribution < -0.4 is 5.32 Å². The Morgan fingerprint density at radius 3 is 2.36 bits per heavy atom. The van der Waals surface area contributed by atoms with Crippen molar-refractivity contribution in [2.45, 2.75) is 50.7 Å². The molecule has 1 N–H and O–H groups in total. The van der Waals surface area contributed by atoms with Crippen molar-refractivity contribution in [3.05, 3.63) is 0 Å². The zero-order valence-electron chi connectivity index (χ0n) is 13.0. The average Bonchev–Trinajstić information content (AvgIpc) is 2.74. The summed E-state index contributed by atoms with van der Waals surface area (Å²) in [6.07, 6.45) is 2.81. The molecule has 0 aromatic heterocycles. The summed E-state index contributed by atoms with van der Waals surface area (Å²) in [5.41, 5.74) is 0. The molecule has 2 aliphatic heterocycles. The Labute approximate surface area is 130 Å². The Bertz CT molecular complexity index is 354. The molecule has 1 atom stereocenters. The number of alkyl halides is 3. The van der Waals surface area contributed by atoms with Crippen LogP contribution in [0.4, 0.5) is 13.2 Å². The molecular formula is C15H26F3N3O. The van der Waals surface area contributed by atoms with E-state index in [2.05, 4.69) is 4.90 Å². The normalized spacial score (nSPS) is 25.7. The second-order valence-corrected chi connectivity index (χ2v) is 6.37. The number of nitrogens with zero attached hydrogens (tertiary/aromatic N) is 2. The van der Waals surface area contributed by atoms with Crippen LogP contribution in [0.2, 0.25) is 0 Å². The third-order valence-electron chi connectivity index (χ3n) is 4.49. The highest BCUT2D eigenvalue weighted by Gasteiger charge is 2.29. The summed E-state index contributed by atoms with van der Waals surface area (Å²) < 4.78 is 36.3. The molecule has 0 bridgehead atoms. The lowest BCUT2D eigenvalue weighted by Crippen LogP contribution is -2.51. The topological polar surface area (TPSA) is 35.6 Å². The Balaban J connectivity index is 1.76. The van der Waals surface area contributed by atoms with Crippen LogP contribution >= 0.6 is 0 Å². The number of likely N-dealkylation sites (tertiary alicyclic amines) is 2. The van der Waals surface area contributed by atoms with E-state index in [9.17, 15) is 18.0 Å². The molecule has 1 amide bonds. The fourth-order valence-electron chi connectivity index (χ4n) is 3.39. The number of amides is 1. The van der Waals surface area contributed by atoms with Gasteiger partial charge in [-0.2, -0.15) is 13.2 Å². The number of hydrogen-bond acceptors (Lipinski definition) is 3. The van der Waals surface area contributed by atoms with Crippen LogP contribution in [-0.4, -0.2) is 67.2 Å². The van der Waals surface area contributed by atoms with E-state index in [4.69, 9.17) is 0 Å². The molecule has 4 nitrogen and oxygen atoms in total. The van der Waals surface area contributed by atoms with Crippen molar-refractivity contribution in [3.8, 4) is 0 Å². The maximum Gasteiger partial charge on any atom is 0.405 e. The van der Waals surface area contributed by atoms with E-state index in [1.807, 2.05) is 10.2 Å². The maximum atomic E-state index is 12.1. The lowest BCUT2D eigenvalue weighted by Gasteiger charge is -2.38. The highest BCUT2D eigenvalue weighted by molar-refractivity contribution is 5.78. The molecule has 2 aliphatic rings. The lowest BCUT2D eigenvalue weighted by atomic mass is 10.0. The first-order valence-electron chi connectivity index (χ1n) is 8.24. The van der Waals surface area contributed by atoms with Crippen molar-refractivity contribution in [2.75, 3.05) is 39.3 Å². The first-order valence-corrected chi connectivity index (χ1v) is 8.24. The summed E-state index contributed by atoms with van der Waals surface area (Å²) in [5, 5.41) is 1.96. The smallest absolute Gasteiger partial charge is 0.346 e. The number of piperidine rings is 1. The van der Waals surface area contributed by atoms with Crippen molar-refractivity contribution >= 4 is 5.91 Å². The zero-order chi connectivity index (χ0) is 16.0. The van der Waals surface area contributed by atoms with Crippen molar-refractivity contribution in [3.63, 3.8) is 0 Å². The van der Waals surface area contributed by atoms with Gasteiger partial charge >= 0.3 is 6.18 Å². The number of carbonyl (C=O) groups excluding carboxylic acids is 1. The number of nitrogens with one attached hydrogen (secondary N) is 1. The minimum Gasteiger partial charge on any atom is -0.346 e. The van der Waals surface area contributed by atoms with Crippen LogP contribution in [0.3, 0.4) is 0 Å². The minimum atomic E-state index is -4.34. The van der Waals surface area contributed by atoms with Crippen LogP contribution in [0.1, 0.15) is 38.5 Å². The molecule has 0 aromatic carbocycles. The lowest BCUT2D eigenvalue weighted by molar-refractivity contribution is -0.139. The summed E-state index contributed by atoms with van der Waals surface area (Å²) in [5.74, 6) is -0.533. The minimum absolute atomic E-state index is 0.0699. The van der Waals surface area contributed by atoms with Crippen LogP contribution in [0, 0.1) is 0 Å². The van der Waals surface area contributed by atoms with Crippen molar-refractivity contribution in [1.29, 1.82) is 0 Å². The molecule has 2 heterocycles. The van der Waals surface area contributed by atoms with Gasteiger partial charge in [-0.05, 0) is 45.3 Å². The van der Waals surface area contributed by atoms with Gasteiger partial charge in [0, 0.05) is 12.6 Å².